The van der Waals surface area contributed by atoms with E-state index >= 15 is 0 Å². The fraction of sp³-hybridized carbons (Fsp3) is 0.100. The predicted molar refractivity (Wildman–Crippen MR) is 111 cm³/mol. The molecule has 0 aliphatic heterocycles. The van der Waals surface area contributed by atoms with Crippen molar-refractivity contribution in [3.63, 3.8) is 0 Å². The molecule has 1 amide bonds. The number of amides is 1. The Labute approximate surface area is 166 Å². The molecule has 1 N–H and O–H groups in total. The number of rotatable bonds is 4. The summed E-state index contributed by atoms with van der Waals surface area (Å²) in [6.45, 7) is 4.09. The lowest BCUT2D eigenvalue weighted by Gasteiger charge is -2.03. The topological polar surface area (TPSA) is 42.0 Å². The van der Waals surface area contributed by atoms with Gasteiger partial charge in [-0.25, -0.2) is 4.98 Å². The fourth-order valence-electron chi connectivity index (χ4n) is 2.42. The van der Waals surface area contributed by atoms with Crippen molar-refractivity contribution in [1.29, 1.82) is 0 Å². The average Bonchev–Trinajstić information content (AvgIpc) is 3.04. The summed E-state index contributed by atoms with van der Waals surface area (Å²) >= 11 is 13.4. The van der Waals surface area contributed by atoms with Gasteiger partial charge >= 0.3 is 0 Å². The van der Waals surface area contributed by atoms with Crippen LogP contribution in [0.15, 0.2) is 47.9 Å². The summed E-state index contributed by atoms with van der Waals surface area (Å²) < 4.78 is 0. The minimum Gasteiger partial charge on any atom is -0.298 e. The van der Waals surface area contributed by atoms with Gasteiger partial charge in [-0.1, -0.05) is 47.0 Å². The lowest BCUT2D eigenvalue weighted by molar-refractivity contribution is -0.111. The molecule has 0 fully saturated rings. The van der Waals surface area contributed by atoms with E-state index in [0.717, 1.165) is 22.4 Å². The number of carbonyl (C=O) groups excluding carboxylic acids is 1. The maximum atomic E-state index is 12.1. The molecule has 0 atom stereocenters. The largest absolute Gasteiger partial charge is 0.298 e. The van der Waals surface area contributed by atoms with Crippen molar-refractivity contribution in [2.24, 2.45) is 0 Å². The highest BCUT2D eigenvalue weighted by Gasteiger charge is 2.09. The number of hydrogen-bond acceptors (Lipinski definition) is 3. The quantitative estimate of drug-likeness (QED) is 0.513. The third kappa shape index (κ3) is 4.52. The highest BCUT2D eigenvalue weighted by Crippen LogP contribution is 2.28. The zero-order chi connectivity index (χ0) is 18.7. The number of benzene rings is 2. The molecule has 1 heterocycles. The molecular formula is C20H16Cl2N2OS. The summed E-state index contributed by atoms with van der Waals surface area (Å²) in [7, 11) is 0. The monoisotopic (exact) mass is 402 g/mol. The Morgan fingerprint density at radius 1 is 1.15 bits per heavy atom. The van der Waals surface area contributed by atoms with Crippen LogP contribution in [0.1, 0.15) is 16.7 Å². The average molecular weight is 403 g/mol. The molecule has 3 nitrogen and oxygen atoms in total. The van der Waals surface area contributed by atoms with Crippen LogP contribution in [-0.4, -0.2) is 10.9 Å². The number of hydrogen-bond donors (Lipinski definition) is 1. The number of aryl methyl sites for hydroxylation is 2. The Kier molecular flexibility index (Phi) is 5.77. The van der Waals surface area contributed by atoms with E-state index in [2.05, 4.69) is 28.5 Å². The molecule has 132 valence electrons. The molecule has 1 aromatic heterocycles. The summed E-state index contributed by atoms with van der Waals surface area (Å²) in [5.41, 5.74) is 4.98. The van der Waals surface area contributed by atoms with Gasteiger partial charge in [-0.3, -0.25) is 10.1 Å². The van der Waals surface area contributed by atoms with Crippen LogP contribution in [0, 0.1) is 13.8 Å². The summed E-state index contributed by atoms with van der Waals surface area (Å²) in [4.78, 5) is 16.6. The minimum atomic E-state index is -0.266. The van der Waals surface area contributed by atoms with Crippen molar-refractivity contribution in [2.45, 2.75) is 13.8 Å². The Balaban J connectivity index is 1.71. The lowest BCUT2D eigenvalue weighted by Crippen LogP contribution is -2.07. The van der Waals surface area contributed by atoms with Gasteiger partial charge in [0.2, 0.25) is 5.91 Å². The molecular weight excluding hydrogens is 387 g/mol. The number of anilines is 1. The summed E-state index contributed by atoms with van der Waals surface area (Å²) in [5, 5.41) is 6.32. The molecule has 0 spiro atoms. The zero-order valence-corrected chi connectivity index (χ0v) is 16.5. The molecule has 0 radical (unpaired) electrons. The van der Waals surface area contributed by atoms with Crippen LogP contribution in [0.4, 0.5) is 5.13 Å². The molecule has 3 rings (SSSR count). The van der Waals surface area contributed by atoms with E-state index < -0.39 is 0 Å². The summed E-state index contributed by atoms with van der Waals surface area (Å²) in [6, 6.07) is 11.4. The van der Waals surface area contributed by atoms with Crippen LogP contribution in [0.2, 0.25) is 10.0 Å². The smallest absolute Gasteiger partial charge is 0.250 e. The van der Waals surface area contributed by atoms with Crippen molar-refractivity contribution in [2.75, 3.05) is 5.32 Å². The van der Waals surface area contributed by atoms with Gasteiger partial charge < -0.3 is 0 Å². The third-order valence-corrected chi connectivity index (χ3v) is 5.10. The van der Waals surface area contributed by atoms with Gasteiger partial charge in [-0.05, 0) is 49.2 Å². The molecule has 0 aliphatic carbocycles. The maximum absolute atomic E-state index is 12.1. The van der Waals surface area contributed by atoms with Crippen LogP contribution in [0.25, 0.3) is 17.3 Å². The Morgan fingerprint density at radius 2 is 1.96 bits per heavy atom. The van der Waals surface area contributed by atoms with Crippen molar-refractivity contribution >= 4 is 51.7 Å². The van der Waals surface area contributed by atoms with Gasteiger partial charge in [-0.2, -0.15) is 0 Å². The standard InChI is InChI=1S/C20H16Cl2N2OS/c1-12-3-4-13(2)16(9-12)18-11-26-20(23-18)24-19(25)8-6-14-5-7-15(21)10-17(14)22/h3-11H,1-2H3,(H,23,24,25). The number of carbonyl (C=O) groups is 1. The van der Waals surface area contributed by atoms with Gasteiger partial charge in [0.25, 0.3) is 0 Å². The first-order valence-corrected chi connectivity index (χ1v) is 9.53. The van der Waals surface area contributed by atoms with Crippen molar-refractivity contribution in [3.05, 3.63) is 74.6 Å². The molecule has 0 saturated heterocycles. The van der Waals surface area contributed by atoms with Gasteiger partial charge in [-0.15, -0.1) is 11.3 Å². The molecule has 0 bridgehead atoms. The molecule has 6 heteroatoms. The number of nitrogens with zero attached hydrogens (tertiary/aromatic N) is 1. The number of nitrogens with one attached hydrogen (secondary N) is 1. The maximum Gasteiger partial charge on any atom is 0.250 e. The molecule has 0 saturated carbocycles. The fourth-order valence-corrected chi connectivity index (χ4v) is 3.60. The molecule has 3 aromatic rings. The van der Waals surface area contributed by atoms with Crippen molar-refractivity contribution < 1.29 is 4.79 Å². The van der Waals surface area contributed by atoms with Gasteiger partial charge in [0.1, 0.15) is 0 Å². The van der Waals surface area contributed by atoms with Gasteiger partial charge in [0, 0.05) is 27.1 Å². The SMILES string of the molecule is Cc1ccc(C)c(-c2csc(NC(=O)C=Cc3ccc(Cl)cc3Cl)n2)c1. The first kappa shape index (κ1) is 18.6. The number of aromatic nitrogens is 1. The minimum absolute atomic E-state index is 0.266. The predicted octanol–water partition coefficient (Wildman–Crippen LogP) is 6.39. The van der Waals surface area contributed by atoms with E-state index in [9.17, 15) is 4.79 Å². The molecule has 26 heavy (non-hydrogen) atoms. The van der Waals surface area contributed by atoms with Crippen LogP contribution in [0.3, 0.4) is 0 Å². The molecule has 0 aliphatic rings. The van der Waals surface area contributed by atoms with Crippen molar-refractivity contribution in [1.82, 2.24) is 4.98 Å². The Morgan fingerprint density at radius 3 is 2.73 bits per heavy atom. The van der Waals surface area contributed by atoms with E-state index in [1.165, 1.54) is 23.0 Å². The summed E-state index contributed by atoms with van der Waals surface area (Å²) in [6.07, 6.45) is 3.07. The third-order valence-electron chi connectivity index (χ3n) is 3.78. The van der Waals surface area contributed by atoms with Crippen molar-refractivity contribution in [3.8, 4) is 11.3 Å². The Hall–Kier alpha value is -2.14. The molecule has 2 aromatic carbocycles. The highest BCUT2D eigenvalue weighted by atomic mass is 35.5. The highest BCUT2D eigenvalue weighted by molar-refractivity contribution is 7.14. The molecule has 0 unspecified atom stereocenters. The van der Waals surface area contributed by atoms with E-state index in [-0.39, 0.29) is 5.91 Å². The van der Waals surface area contributed by atoms with Crippen LogP contribution < -0.4 is 5.32 Å². The second-order valence-corrected chi connectivity index (χ2v) is 7.55. The summed E-state index contributed by atoms with van der Waals surface area (Å²) in [5.74, 6) is -0.266. The van der Waals surface area contributed by atoms with E-state index in [0.29, 0.717) is 15.2 Å². The normalized spacial score (nSPS) is 11.1. The number of halogens is 2. The first-order valence-electron chi connectivity index (χ1n) is 7.89. The van der Waals surface area contributed by atoms with Crippen LogP contribution in [0.5, 0.6) is 0 Å². The zero-order valence-electron chi connectivity index (χ0n) is 14.2. The van der Waals surface area contributed by atoms with Crippen LogP contribution >= 0.6 is 34.5 Å². The number of thiazole rings is 1. The first-order chi connectivity index (χ1) is 12.4. The van der Waals surface area contributed by atoms with E-state index in [4.69, 9.17) is 23.2 Å². The van der Waals surface area contributed by atoms with Crippen LogP contribution in [-0.2, 0) is 4.79 Å². The van der Waals surface area contributed by atoms with Gasteiger partial charge in [0.15, 0.2) is 5.13 Å². The second-order valence-electron chi connectivity index (χ2n) is 5.84. The van der Waals surface area contributed by atoms with Gasteiger partial charge in [0.05, 0.1) is 5.69 Å². The second kappa shape index (κ2) is 8.04. The van der Waals surface area contributed by atoms with E-state index in [1.54, 1.807) is 24.3 Å². The lowest BCUT2D eigenvalue weighted by atomic mass is 10.0. The van der Waals surface area contributed by atoms with E-state index in [1.807, 2.05) is 19.2 Å². The Bertz CT molecular complexity index is 995.